The van der Waals surface area contributed by atoms with Crippen molar-refractivity contribution < 1.29 is 19.3 Å². The van der Waals surface area contributed by atoms with E-state index in [4.69, 9.17) is 9.47 Å². The Kier molecular flexibility index (Phi) is 6.68. The van der Waals surface area contributed by atoms with Gasteiger partial charge in [-0.15, -0.1) is 0 Å². The van der Waals surface area contributed by atoms with Gasteiger partial charge in [0.05, 0.1) is 23.2 Å². The number of aromatic nitrogens is 1. The standard InChI is InChI=1S/C20H17N5O6/c1-30-19-10-14(11-22-23-20-8-6-17(12-21-20)25(28)29)5-7-18(19)31-13-15-3-2-4-16(9-15)24(26)27/h2-12H,13H2,1H3,(H,21,23)/b22-11+. The summed E-state index contributed by atoms with van der Waals surface area (Å²) in [4.78, 5) is 24.4. The van der Waals surface area contributed by atoms with Crippen LogP contribution in [0.5, 0.6) is 11.5 Å². The lowest BCUT2D eigenvalue weighted by molar-refractivity contribution is -0.385. The fourth-order valence-corrected chi connectivity index (χ4v) is 2.54. The first kappa shape index (κ1) is 21.2. The number of nitrogens with one attached hydrogen (secondary N) is 1. The average molecular weight is 423 g/mol. The van der Waals surface area contributed by atoms with Gasteiger partial charge in [-0.1, -0.05) is 12.1 Å². The maximum absolute atomic E-state index is 10.9. The van der Waals surface area contributed by atoms with Gasteiger partial charge in [0.25, 0.3) is 11.4 Å². The number of anilines is 1. The summed E-state index contributed by atoms with van der Waals surface area (Å²) in [7, 11) is 1.50. The van der Waals surface area contributed by atoms with Gasteiger partial charge in [0.15, 0.2) is 11.5 Å². The molecule has 0 saturated carbocycles. The third kappa shape index (κ3) is 5.73. The maximum atomic E-state index is 10.9. The van der Waals surface area contributed by atoms with Gasteiger partial charge in [0.2, 0.25) is 0 Å². The minimum absolute atomic E-state index is 0.00497. The molecule has 1 heterocycles. The van der Waals surface area contributed by atoms with Crippen LogP contribution >= 0.6 is 0 Å². The number of nitro benzene ring substituents is 1. The molecular weight excluding hydrogens is 406 g/mol. The quantitative estimate of drug-likeness (QED) is 0.310. The normalized spacial score (nSPS) is 10.6. The summed E-state index contributed by atoms with van der Waals surface area (Å²) in [6, 6.07) is 14.1. The highest BCUT2D eigenvalue weighted by atomic mass is 16.6. The molecule has 0 bridgehead atoms. The molecule has 158 valence electrons. The Morgan fingerprint density at radius 2 is 1.84 bits per heavy atom. The van der Waals surface area contributed by atoms with E-state index in [1.807, 2.05) is 0 Å². The molecule has 11 heteroatoms. The van der Waals surface area contributed by atoms with Crippen LogP contribution in [0.1, 0.15) is 11.1 Å². The summed E-state index contributed by atoms with van der Waals surface area (Å²) in [5, 5.41) is 25.6. The van der Waals surface area contributed by atoms with Crippen LogP contribution in [0.25, 0.3) is 0 Å². The van der Waals surface area contributed by atoms with Crippen LogP contribution in [0, 0.1) is 20.2 Å². The lowest BCUT2D eigenvalue weighted by Gasteiger charge is -2.11. The van der Waals surface area contributed by atoms with Crippen molar-refractivity contribution >= 4 is 23.4 Å². The number of rotatable bonds is 9. The van der Waals surface area contributed by atoms with Crippen LogP contribution in [0.3, 0.4) is 0 Å². The first-order chi connectivity index (χ1) is 15.0. The number of non-ortho nitro benzene ring substituents is 1. The van der Waals surface area contributed by atoms with E-state index >= 15 is 0 Å². The number of nitrogens with zero attached hydrogens (tertiary/aromatic N) is 4. The zero-order valence-corrected chi connectivity index (χ0v) is 16.3. The van der Waals surface area contributed by atoms with Crippen molar-refractivity contribution in [1.29, 1.82) is 0 Å². The van der Waals surface area contributed by atoms with Crippen molar-refractivity contribution in [2.45, 2.75) is 6.61 Å². The summed E-state index contributed by atoms with van der Waals surface area (Å²) in [6.45, 7) is 0.138. The van der Waals surface area contributed by atoms with Crippen LogP contribution in [0.2, 0.25) is 0 Å². The first-order valence-electron chi connectivity index (χ1n) is 8.90. The second-order valence-electron chi connectivity index (χ2n) is 6.15. The highest BCUT2D eigenvalue weighted by Crippen LogP contribution is 2.28. The van der Waals surface area contributed by atoms with Gasteiger partial charge in [0, 0.05) is 18.2 Å². The number of ether oxygens (including phenoxy) is 2. The summed E-state index contributed by atoms with van der Waals surface area (Å²) >= 11 is 0. The summed E-state index contributed by atoms with van der Waals surface area (Å²) in [6.07, 6.45) is 2.66. The Balaban J connectivity index is 1.63. The summed E-state index contributed by atoms with van der Waals surface area (Å²) in [5.41, 5.74) is 3.92. The molecular formula is C20H17N5O6. The van der Waals surface area contributed by atoms with Crippen LogP contribution in [0.4, 0.5) is 17.2 Å². The fraction of sp³-hybridized carbons (Fsp3) is 0.100. The van der Waals surface area contributed by atoms with Gasteiger partial charge in [-0.05, 0) is 35.4 Å². The minimum Gasteiger partial charge on any atom is -0.493 e. The second kappa shape index (κ2) is 9.78. The topological polar surface area (TPSA) is 142 Å². The Labute approximate surface area is 176 Å². The van der Waals surface area contributed by atoms with E-state index in [1.54, 1.807) is 30.3 Å². The van der Waals surface area contributed by atoms with Crippen molar-refractivity contribution in [3.63, 3.8) is 0 Å². The highest BCUT2D eigenvalue weighted by Gasteiger charge is 2.09. The predicted octanol–water partition coefficient (Wildman–Crippen LogP) is 3.93. The van der Waals surface area contributed by atoms with Crippen LogP contribution in [0.15, 0.2) is 65.9 Å². The molecule has 0 radical (unpaired) electrons. The van der Waals surface area contributed by atoms with E-state index in [1.165, 1.54) is 37.6 Å². The van der Waals surface area contributed by atoms with Crippen LogP contribution in [-0.2, 0) is 6.61 Å². The number of hydrogen-bond donors (Lipinski definition) is 1. The molecule has 0 aliphatic heterocycles. The molecule has 11 nitrogen and oxygen atoms in total. The monoisotopic (exact) mass is 423 g/mol. The zero-order valence-electron chi connectivity index (χ0n) is 16.3. The van der Waals surface area contributed by atoms with E-state index < -0.39 is 9.85 Å². The SMILES string of the molecule is COc1cc(/C=N/Nc2ccc([N+](=O)[O-])cn2)ccc1OCc1cccc([N+](=O)[O-])c1. The molecule has 0 atom stereocenters. The zero-order chi connectivity index (χ0) is 22.2. The Morgan fingerprint density at radius 3 is 2.52 bits per heavy atom. The van der Waals surface area contributed by atoms with Crippen LogP contribution in [-0.4, -0.2) is 28.2 Å². The second-order valence-corrected chi connectivity index (χ2v) is 6.15. The minimum atomic E-state index is -0.533. The summed E-state index contributed by atoms with van der Waals surface area (Å²) < 4.78 is 11.1. The molecule has 1 N–H and O–H groups in total. The lowest BCUT2D eigenvalue weighted by atomic mass is 10.2. The van der Waals surface area contributed by atoms with Gasteiger partial charge in [-0.3, -0.25) is 25.7 Å². The number of hydrazone groups is 1. The predicted molar refractivity (Wildman–Crippen MR) is 113 cm³/mol. The van der Waals surface area contributed by atoms with Gasteiger partial charge in [-0.2, -0.15) is 5.10 Å². The number of hydrogen-bond acceptors (Lipinski definition) is 9. The van der Waals surface area contributed by atoms with Crippen molar-refractivity contribution in [2.24, 2.45) is 5.10 Å². The van der Waals surface area contributed by atoms with E-state index in [-0.39, 0.29) is 18.0 Å². The largest absolute Gasteiger partial charge is 0.493 e. The molecule has 31 heavy (non-hydrogen) atoms. The third-order valence-corrected chi connectivity index (χ3v) is 4.05. The van der Waals surface area contributed by atoms with Gasteiger partial charge in [0.1, 0.15) is 18.6 Å². The molecule has 0 saturated heterocycles. The van der Waals surface area contributed by atoms with Crippen LogP contribution < -0.4 is 14.9 Å². The Hall–Kier alpha value is -4.54. The number of nitro groups is 2. The molecule has 0 fully saturated rings. The van der Waals surface area contributed by atoms with Gasteiger partial charge >= 0.3 is 0 Å². The molecule has 3 aromatic rings. The van der Waals surface area contributed by atoms with E-state index in [0.717, 1.165) is 6.20 Å². The lowest BCUT2D eigenvalue weighted by Crippen LogP contribution is -1.99. The molecule has 1 aromatic heterocycles. The fourth-order valence-electron chi connectivity index (χ4n) is 2.54. The van der Waals surface area contributed by atoms with E-state index in [2.05, 4.69) is 15.5 Å². The average Bonchev–Trinajstić information content (AvgIpc) is 2.78. The Morgan fingerprint density at radius 1 is 1.03 bits per heavy atom. The third-order valence-electron chi connectivity index (χ3n) is 4.05. The van der Waals surface area contributed by atoms with Crippen molar-refractivity contribution in [3.05, 3.63) is 92.1 Å². The number of benzene rings is 2. The molecule has 3 rings (SSSR count). The molecule has 0 unspecified atom stereocenters. The van der Waals surface area contributed by atoms with E-state index in [0.29, 0.717) is 28.4 Å². The molecule has 0 aliphatic rings. The molecule has 2 aromatic carbocycles. The van der Waals surface area contributed by atoms with Gasteiger partial charge in [-0.25, -0.2) is 4.98 Å². The maximum Gasteiger partial charge on any atom is 0.287 e. The first-order valence-corrected chi connectivity index (χ1v) is 8.90. The number of pyridine rings is 1. The van der Waals surface area contributed by atoms with Crippen molar-refractivity contribution in [1.82, 2.24) is 4.98 Å². The molecule has 0 spiro atoms. The molecule has 0 amide bonds. The highest BCUT2D eigenvalue weighted by molar-refractivity contribution is 5.81. The Bertz CT molecular complexity index is 1120. The van der Waals surface area contributed by atoms with Crippen molar-refractivity contribution in [3.8, 4) is 11.5 Å². The smallest absolute Gasteiger partial charge is 0.287 e. The van der Waals surface area contributed by atoms with Gasteiger partial charge < -0.3 is 9.47 Å². The van der Waals surface area contributed by atoms with E-state index in [9.17, 15) is 20.2 Å². The molecule has 0 aliphatic carbocycles. The number of methoxy groups -OCH3 is 1. The van der Waals surface area contributed by atoms with Crippen molar-refractivity contribution in [2.75, 3.05) is 12.5 Å². The summed E-state index contributed by atoms with van der Waals surface area (Å²) in [5.74, 6) is 1.28.